The first-order chi connectivity index (χ1) is 7.93. The molecule has 1 rings (SSSR count). The van der Waals surface area contributed by atoms with Crippen molar-refractivity contribution in [2.24, 2.45) is 5.92 Å². The van der Waals surface area contributed by atoms with E-state index in [9.17, 15) is 4.79 Å². The number of amides is 1. The molecule has 0 saturated heterocycles. The van der Waals surface area contributed by atoms with Gasteiger partial charge >= 0.3 is 0 Å². The second-order valence-electron chi connectivity index (χ2n) is 4.51. The number of carbonyl (C=O) groups is 1. The molecule has 0 unspecified atom stereocenters. The number of nitrogens with zero attached hydrogens (tertiary/aromatic N) is 1. The van der Waals surface area contributed by atoms with Crippen LogP contribution in [0.1, 0.15) is 31.1 Å². The number of benzene rings is 1. The van der Waals surface area contributed by atoms with E-state index in [0.29, 0.717) is 28.7 Å². The highest BCUT2D eigenvalue weighted by molar-refractivity contribution is 6.31. The van der Waals surface area contributed by atoms with Gasteiger partial charge in [0.2, 0.25) is 0 Å². The molecule has 0 aliphatic heterocycles. The minimum Gasteiger partial charge on any atom is -0.399 e. The van der Waals surface area contributed by atoms with Crippen molar-refractivity contribution >= 4 is 23.2 Å². The summed E-state index contributed by atoms with van der Waals surface area (Å²) in [5.41, 5.74) is 6.75. The molecule has 0 atom stereocenters. The van der Waals surface area contributed by atoms with Crippen molar-refractivity contribution in [3.05, 3.63) is 28.8 Å². The summed E-state index contributed by atoms with van der Waals surface area (Å²) in [6.45, 7) is 7.56. The minimum absolute atomic E-state index is 0.0181. The maximum absolute atomic E-state index is 12.2. The van der Waals surface area contributed by atoms with E-state index in [0.717, 1.165) is 6.54 Å². The lowest BCUT2D eigenvalue weighted by atomic mass is 10.1. The molecule has 1 aromatic carbocycles. The smallest absolute Gasteiger partial charge is 0.253 e. The van der Waals surface area contributed by atoms with Crippen LogP contribution in [0.5, 0.6) is 0 Å². The Morgan fingerprint density at radius 3 is 2.53 bits per heavy atom. The quantitative estimate of drug-likeness (QED) is 0.840. The number of carbonyl (C=O) groups excluding carboxylic acids is 1. The summed E-state index contributed by atoms with van der Waals surface area (Å²) in [5, 5.41) is 0.494. The van der Waals surface area contributed by atoms with Gasteiger partial charge in [-0.2, -0.15) is 0 Å². The number of hydrogen-bond donors (Lipinski definition) is 1. The van der Waals surface area contributed by atoms with Gasteiger partial charge in [0.25, 0.3) is 5.91 Å². The number of rotatable bonds is 4. The second kappa shape index (κ2) is 5.92. The van der Waals surface area contributed by atoms with E-state index in [2.05, 4.69) is 13.8 Å². The summed E-state index contributed by atoms with van der Waals surface area (Å²) in [6, 6.07) is 4.96. The third kappa shape index (κ3) is 3.93. The zero-order valence-electron chi connectivity index (χ0n) is 10.5. The standard InChI is InChI=1S/C13H19ClN2O/c1-4-16(8-9(2)3)13(17)10-5-11(14)7-12(15)6-10/h5-7,9H,4,8,15H2,1-3H3. The van der Waals surface area contributed by atoms with Gasteiger partial charge in [-0.1, -0.05) is 25.4 Å². The number of anilines is 1. The first-order valence-corrected chi connectivity index (χ1v) is 6.17. The maximum atomic E-state index is 12.2. The highest BCUT2D eigenvalue weighted by Gasteiger charge is 2.15. The summed E-state index contributed by atoms with van der Waals surface area (Å²) >= 11 is 5.90. The molecule has 0 aliphatic rings. The molecule has 0 aromatic heterocycles. The molecule has 0 radical (unpaired) electrons. The van der Waals surface area contributed by atoms with Crippen LogP contribution in [0.3, 0.4) is 0 Å². The molecule has 4 heteroatoms. The van der Waals surface area contributed by atoms with Crippen LogP contribution in [0.2, 0.25) is 5.02 Å². The summed E-state index contributed by atoms with van der Waals surface area (Å²) in [7, 11) is 0. The number of nitrogens with two attached hydrogens (primary N) is 1. The lowest BCUT2D eigenvalue weighted by molar-refractivity contribution is 0.0746. The topological polar surface area (TPSA) is 46.3 Å². The Morgan fingerprint density at radius 2 is 2.06 bits per heavy atom. The lowest BCUT2D eigenvalue weighted by Crippen LogP contribution is -2.34. The Balaban J connectivity index is 2.93. The van der Waals surface area contributed by atoms with Crippen molar-refractivity contribution in [1.82, 2.24) is 4.90 Å². The van der Waals surface area contributed by atoms with Crippen LogP contribution in [0.15, 0.2) is 18.2 Å². The Morgan fingerprint density at radius 1 is 1.41 bits per heavy atom. The fourth-order valence-electron chi connectivity index (χ4n) is 1.71. The summed E-state index contributed by atoms with van der Waals surface area (Å²) in [5.74, 6) is 0.422. The van der Waals surface area contributed by atoms with E-state index in [1.165, 1.54) is 0 Å². The zero-order chi connectivity index (χ0) is 13.0. The van der Waals surface area contributed by atoms with E-state index in [1.54, 1.807) is 23.1 Å². The van der Waals surface area contributed by atoms with Crippen molar-refractivity contribution in [3.63, 3.8) is 0 Å². The van der Waals surface area contributed by atoms with Gasteiger partial charge in [-0.05, 0) is 31.0 Å². The molecule has 94 valence electrons. The highest BCUT2D eigenvalue weighted by Crippen LogP contribution is 2.18. The predicted octanol–water partition coefficient (Wildman–Crippen LogP) is 3.04. The van der Waals surface area contributed by atoms with Gasteiger partial charge in [-0.15, -0.1) is 0 Å². The molecule has 0 aliphatic carbocycles. The van der Waals surface area contributed by atoms with Crippen LogP contribution in [0.25, 0.3) is 0 Å². The third-order valence-electron chi connectivity index (χ3n) is 2.42. The molecule has 0 saturated carbocycles. The van der Waals surface area contributed by atoms with Gasteiger partial charge in [0, 0.05) is 29.4 Å². The maximum Gasteiger partial charge on any atom is 0.253 e. The van der Waals surface area contributed by atoms with Crippen molar-refractivity contribution in [2.45, 2.75) is 20.8 Å². The van der Waals surface area contributed by atoms with Crippen LogP contribution in [0.4, 0.5) is 5.69 Å². The van der Waals surface area contributed by atoms with E-state index in [4.69, 9.17) is 17.3 Å². The van der Waals surface area contributed by atoms with Gasteiger partial charge in [0.15, 0.2) is 0 Å². The molecule has 0 fully saturated rings. The van der Waals surface area contributed by atoms with Gasteiger partial charge in [0.05, 0.1) is 0 Å². The molecular formula is C13H19ClN2O. The lowest BCUT2D eigenvalue weighted by Gasteiger charge is -2.23. The summed E-state index contributed by atoms with van der Waals surface area (Å²) in [6.07, 6.45) is 0. The average molecular weight is 255 g/mol. The first-order valence-electron chi connectivity index (χ1n) is 5.79. The van der Waals surface area contributed by atoms with E-state index < -0.39 is 0 Å². The normalized spacial score (nSPS) is 10.6. The molecule has 1 amide bonds. The molecule has 0 bridgehead atoms. The Labute approximate surface area is 108 Å². The average Bonchev–Trinajstić information content (AvgIpc) is 2.23. The van der Waals surface area contributed by atoms with E-state index in [-0.39, 0.29) is 5.91 Å². The van der Waals surface area contributed by atoms with Crippen molar-refractivity contribution in [3.8, 4) is 0 Å². The number of hydrogen-bond acceptors (Lipinski definition) is 2. The molecule has 3 nitrogen and oxygen atoms in total. The predicted molar refractivity (Wildman–Crippen MR) is 72.3 cm³/mol. The fraction of sp³-hybridized carbons (Fsp3) is 0.462. The van der Waals surface area contributed by atoms with Gasteiger partial charge < -0.3 is 10.6 Å². The molecule has 17 heavy (non-hydrogen) atoms. The minimum atomic E-state index is -0.0181. The van der Waals surface area contributed by atoms with Crippen LogP contribution >= 0.6 is 11.6 Å². The molecular weight excluding hydrogens is 236 g/mol. The monoisotopic (exact) mass is 254 g/mol. The van der Waals surface area contributed by atoms with Crippen LogP contribution in [-0.2, 0) is 0 Å². The molecule has 0 heterocycles. The number of nitrogen functional groups attached to an aromatic ring is 1. The van der Waals surface area contributed by atoms with E-state index >= 15 is 0 Å². The molecule has 0 spiro atoms. The van der Waals surface area contributed by atoms with E-state index in [1.807, 2.05) is 6.92 Å². The fourth-order valence-corrected chi connectivity index (χ4v) is 1.96. The summed E-state index contributed by atoms with van der Waals surface area (Å²) in [4.78, 5) is 14.0. The highest BCUT2D eigenvalue weighted by atomic mass is 35.5. The third-order valence-corrected chi connectivity index (χ3v) is 2.64. The Kier molecular flexibility index (Phi) is 4.82. The van der Waals surface area contributed by atoms with Gasteiger partial charge in [-0.3, -0.25) is 4.79 Å². The largest absolute Gasteiger partial charge is 0.399 e. The van der Waals surface area contributed by atoms with Gasteiger partial charge in [0.1, 0.15) is 0 Å². The Bertz CT molecular complexity index is 384. The zero-order valence-corrected chi connectivity index (χ0v) is 11.3. The van der Waals surface area contributed by atoms with Crippen LogP contribution in [0, 0.1) is 5.92 Å². The number of halogens is 1. The van der Waals surface area contributed by atoms with Crippen LogP contribution < -0.4 is 5.73 Å². The SMILES string of the molecule is CCN(CC(C)C)C(=O)c1cc(N)cc(Cl)c1. The van der Waals surface area contributed by atoms with Crippen molar-refractivity contribution < 1.29 is 4.79 Å². The molecule has 1 aromatic rings. The second-order valence-corrected chi connectivity index (χ2v) is 4.95. The molecule has 2 N–H and O–H groups in total. The van der Waals surface area contributed by atoms with Crippen molar-refractivity contribution in [2.75, 3.05) is 18.8 Å². The first kappa shape index (κ1) is 13.8. The van der Waals surface area contributed by atoms with Crippen LogP contribution in [-0.4, -0.2) is 23.9 Å². The van der Waals surface area contributed by atoms with Crippen molar-refractivity contribution in [1.29, 1.82) is 0 Å². The Hall–Kier alpha value is -1.22. The van der Waals surface area contributed by atoms with Gasteiger partial charge in [-0.25, -0.2) is 0 Å². The summed E-state index contributed by atoms with van der Waals surface area (Å²) < 4.78 is 0.